The number of carbonyl (C=O) groups is 3. The Kier molecular flexibility index (Phi) is 5.23. The Balaban J connectivity index is 2.43. The summed E-state index contributed by atoms with van der Waals surface area (Å²) in [6.45, 7) is 0. The van der Waals surface area contributed by atoms with Crippen molar-refractivity contribution in [1.82, 2.24) is 0 Å². The van der Waals surface area contributed by atoms with Crippen LogP contribution in [-0.4, -0.2) is 37.0 Å². The number of hydrogen-bond acceptors (Lipinski definition) is 7. The first-order valence-electron chi connectivity index (χ1n) is 6.97. The topological polar surface area (TPSA) is 113 Å². The second kappa shape index (κ2) is 7.35. The van der Waals surface area contributed by atoms with E-state index in [1.165, 1.54) is 38.5 Å². The minimum atomic E-state index is -0.933. The van der Waals surface area contributed by atoms with Gasteiger partial charge in [-0.1, -0.05) is 0 Å². The molecule has 128 valence electrons. The van der Waals surface area contributed by atoms with Gasteiger partial charge in [0.1, 0.15) is 0 Å². The van der Waals surface area contributed by atoms with Gasteiger partial charge in [0.2, 0.25) is 11.6 Å². The third kappa shape index (κ3) is 3.52. The summed E-state index contributed by atoms with van der Waals surface area (Å²) in [6, 6.07) is 7.14. The van der Waals surface area contributed by atoms with E-state index in [-0.39, 0.29) is 33.9 Å². The summed E-state index contributed by atoms with van der Waals surface area (Å²) < 4.78 is 10.1. The van der Waals surface area contributed by atoms with Gasteiger partial charge in [-0.15, -0.1) is 0 Å². The number of nitrogens with zero attached hydrogens (tertiary/aromatic N) is 1. The minimum absolute atomic E-state index is 0.0257. The maximum Gasteiger partial charge on any atom is 0.269 e. The molecule has 8 nitrogen and oxygen atoms in total. The number of carbonyl (C=O) groups excluding carboxylic acids is 3. The molecule has 0 radical (unpaired) electrons. The van der Waals surface area contributed by atoms with Gasteiger partial charge in [-0.2, -0.15) is 0 Å². The van der Waals surface area contributed by atoms with E-state index in [2.05, 4.69) is 0 Å². The number of benzene rings is 2. The Labute approximate surface area is 142 Å². The van der Waals surface area contributed by atoms with Gasteiger partial charge in [0.25, 0.3) is 5.69 Å². The Hall–Kier alpha value is -3.55. The molecular weight excluding hydrogens is 330 g/mol. The molecule has 2 aromatic carbocycles. The first kappa shape index (κ1) is 17.8. The first-order chi connectivity index (χ1) is 11.9. The molecule has 0 aliphatic carbocycles. The zero-order chi connectivity index (χ0) is 18.6. The summed E-state index contributed by atoms with van der Waals surface area (Å²) in [7, 11) is 2.72. The largest absolute Gasteiger partial charge is 0.493 e. The summed E-state index contributed by atoms with van der Waals surface area (Å²) in [6.07, 6.45) is 0.429. The molecule has 25 heavy (non-hydrogen) atoms. The standard InChI is InChI=1S/C17H13NO7/c1-24-14-7-11(9-19)13(8-15(14)25-2)17(21)16(20)10-3-5-12(6-4-10)18(22)23/h3-9H,1-2H3. The second-order valence-corrected chi connectivity index (χ2v) is 4.87. The van der Waals surface area contributed by atoms with Crippen molar-refractivity contribution < 1.29 is 28.8 Å². The molecule has 0 spiro atoms. The van der Waals surface area contributed by atoms with Crippen LogP contribution in [0, 0.1) is 10.1 Å². The molecule has 2 aromatic rings. The predicted molar refractivity (Wildman–Crippen MR) is 86.7 cm³/mol. The highest BCUT2D eigenvalue weighted by atomic mass is 16.6. The average molecular weight is 343 g/mol. The smallest absolute Gasteiger partial charge is 0.269 e. The molecule has 0 aromatic heterocycles. The molecule has 0 fully saturated rings. The summed E-state index contributed by atoms with van der Waals surface area (Å²) in [5, 5.41) is 10.6. The van der Waals surface area contributed by atoms with Crippen LogP contribution in [-0.2, 0) is 0 Å². The summed E-state index contributed by atoms with van der Waals surface area (Å²) >= 11 is 0. The van der Waals surface area contributed by atoms with Crippen LogP contribution < -0.4 is 9.47 Å². The zero-order valence-electron chi connectivity index (χ0n) is 13.3. The molecule has 0 atom stereocenters. The van der Waals surface area contributed by atoms with Crippen LogP contribution in [0.5, 0.6) is 11.5 Å². The van der Waals surface area contributed by atoms with Crippen LogP contribution in [0.4, 0.5) is 5.69 Å². The molecular formula is C17H13NO7. The number of ketones is 2. The molecule has 8 heteroatoms. The van der Waals surface area contributed by atoms with Crippen molar-refractivity contribution in [2.75, 3.05) is 14.2 Å². The van der Waals surface area contributed by atoms with Gasteiger partial charge in [0.15, 0.2) is 17.8 Å². The fraction of sp³-hybridized carbons (Fsp3) is 0.118. The van der Waals surface area contributed by atoms with Gasteiger partial charge in [-0.25, -0.2) is 0 Å². The van der Waals surface area contributed by atoms with Crippen LogP contribution in [0.15, 0.2) is 36.4 Å². The van der Waals surface area contributed by atoms with Gasteiger partial charge in [-0.05, 0) is 24.3 Å². The van der Waals surface area contributed by atoms with Crippen LogP contribution >= 0.6 is 0 Å². The number of ether oxygens (including phenoxy) is 2. The number of Topliss-reactive ketones (excluding diaryl/α,β-unsaturated/α-hetero) is 2. The molecule has 0 aliphatic rings. The predicted octanol–water partition coefficient (Wildman–Crippen LogP) is 2.49. The van der Waals surface area contributed by atoms with Crippen molar-refractivity contribution in [3.63, 3.8) is 0 Å². The van der Waals surface area contributed by atoms with Crippen molar-refractivity contribution in [2.45, 2.75) is 0 Å². The maximum atomic E-state index is 12.5. The number of hydrogen-bond donors (Lipinski definition) is 0. The lowest BCUT2D eigenvalue weighted by Crippen LogP contribution is -2.16. The summed E-state index contributed by atoms with van der Waals surface area (Å²) in [4.78, 5) is 46.1. The fourth-order valence-corrected chi connectivity index (χ4v) is 2.18. The van der Waals surface area contributed by atoms with Gasteiger partial charge >= 0.3 is 0 Å². The van der Waals surface area contributed by atoms with E-state index in [1.54, 1.807) is 0 Å². The lowest BCUT2D eigenvalue weighted by Gasteiger charge is -2.11. The van der Waals surface area contributed by atoms with E-state index >= 15 is 0 Å². The molecule has 0 N–H and O–H groups in total. The zero-order valence-corrected chi connectivity index (χ0v) is 13.3. The first-order valence-corrected chi connectivity index (χ1v) is 6.97. The maximum absolute atomic E-state index is 12.5. The summed E-state index contributed by atoms with van der Waals surface area (Å²) in [5.41, 5.74) is -0.403. The highest BCUT2D eigenvalue weighted by Crippen LogP contribution is 2.30. The lowest BCUT2D eigenvalue weighted by molar-refractivity contribution is -0.384. The Bertz CT molecular complexity index is 856. The Morgan fingerprint density at radius 3 is 2.04 bits per heavy atom. The quantitative estimate of drug-likeness (QED) is 0.249. The van der Waals surface area contributed by atoms with Crippen LogP contribution in [0.25, 0.3) is 0 Å². The second-order valence-electron chi connectivity index (χ2n) is 4.87. The minimum Gasteiger partial charge on any atom is -0.493 e. The van der Waals surface area contributed by atoms with Gasteiger partial charge in [-0.3, -0.25) is 24.5 Å². The number of rotatable bonds is 7. The van der Waals surface area contributed by atoms with Gasteiger partial charge in [0.05, 0.1) is 19.1 Å². The number of nitro benzene ring substituents is 1. The molecule has 0 amide bonds. The van der Waals surface area contributed by atoms with E-state index < -0.39 is 16.5 Å². The average Bonchev–Trinajstić information content (AvgIpc) is 2.65. The van der Waals surface area contributed by atoms with Crippen molar-refractivity contribution in [2.24, 2.45) is 0 Å². The van der Waals surface area contributed by atoms with E-state index in [0.29, 0.717) is 6.29 Å². The number of aldehydes is 1. The monoisotopic (exact) mass is 343 g/mol. The molecule has 0 aliphatic heterocycles. The Morgan fingerprint density at radius 2 is 1.56 bits per heavy atom. The van der Waals surface area contributed by atoms with Crippen molar-refractivity contribution in [1.29, 1.82) is 0 Å². The van der Waals surface area contributed by atoms with Gasteiger partial charge in [0, 0.05) is 28.8 Å². The third-order valence-corrected chi connectivity index (χ3v) is 3.47. The van der Waals surface area contributed by atoms with Crippen LogP contribution in [0.3, 0.4) is 0 Å². The van der Waals surface area contributed by atoms with Crippen molar-refractivity contribution in [3.8, 4) is 11.5 Å². The number of non-ortho nitro benzene ring substituents is 1. The van der Waals surface area contributed by atoms with Crippen molar-refractivity contribution >= 4 is 23.5 Å². The van der Waals surface area contributed by atoms with E-state index in [4.69, 9.17) is 9.47 Å². The lowest BCUT2D eigenvalue weighted by atomic mass is 9.97. The molecule has 0 heterocycles. The fourth-order valence-electron chi connectivity index (χ4n) is 2.18. The van der Waals surface area contributed by atoms with Crippen molar-refractivity contribution in [3.05, 3.63) is 63.2 Å². The number of methoxy groups -OCH3 is 2. The molecule has 0 saturated carbocycles. The molecule has 0 unspecified atom stereocenters. The van der Waals surface area contributed by atoms with E-state index in [9.17, 15) is 24.5 Å². The third-order valence-electron chi connectivity index (χ3n) is 3.47. The van der Waals surface area contributed by atoms with Gasteiger partial charge < -0.3 is 9.47 Å². The Morgan fingerprint density at radius 1 is 1.00 bits per heavy atom. The normalized spacial score (nSPS) is 10.0. The SMILES string of the molecule is COc1cc(C=O)c(C(=O)C(=O)c2ccc([N+](=O)[O-])cc2)cc1OC. The molecule has 0 bridgehead atoms. The number of nitro groups is 1. The molecule has 0 saturated heterocycles. The van der Waals surface area contributed by atoms with Crippen LogP contribution in [0.2, 0.25) is 0 Å². The van der Waals surface area contributed by atoms with Crippen LogP contribution in [0.1, 0.15) is 31.1 Å². The molecule has 2 rings (SSSR count). The highest BCUT2D eigenvalue weighted by molar-refractivity contribution is 6.50. The summed E-state index contributed by atoms with van der Waals surface area (Å²) in [5.74, 6) is -1.40. The van der Waals surface area contributed by atoms with E-state index in [1.807, 2.05) is 0 Å². The highest BCUT2D eigenvalue weighted by Gasteiger charge is 2.24. The van der Waals surface area contributed by atoms with E-state index in [0.717, 1.165) is 12.1 Å².